The maximum Gasteiger partial charge on any atom is 0.192 e. The second kappa shape index (κ2) is 7.21. The number of hydrogen-bond donors (Lipinski definition) is 0. The molecule has 30 heavy (non-hydrogen) atoms. The van der Waals surface area contributed by atoms with E-state index in [1.54, 1.807) is 4.57 Å². The highest BCUT2D eigenvalue weighted by atomic mass is 35.5. The molecule has 4 atom stereocenters. The van der Waals surface area contributed by atoms with E-state index in [4.69, 9.17) is 30.2 Å². The van der Waals surface area contributed by atoms with Gasteiger partial charge in [-0.25, -0.2) is 14.4 Å². The summed E-state index contributed by atoms with van der Waals surface area (Å²) in [5.74, 6) is -1.28. The number of rotatable bonds is 4. The summed E-state index contributed by atoms with van der Waals surface area (Å²) in [6.45, 7) is 15.1. The molecular formula is C20H29ClFN3O4Si. The fraction of sp³-hybridized carbons (Fsp3) is 0.700. The van der Waals surface area contributed by atoms with Crippen LogP contribution in [0.15, 0.2) is 12.5 Å². The first-order valence-electron chi connectivity index (χ1n) is 10.1. The van der Waals surface area contributed by atoms with Crippen molar-refractivity contribution in [1.29, 1.82) is 0 Å². The molecule has 2 aromatic heterocycles. The lowest BCUT2D eigenvalue weighted by Gasteiger charge is -2.37. The molecule has 0 N–H and O–H groups in total. The molecule has 4 rings (SSSR count). The fourth-order valence-electron chi connectivity index (χ4n) is 3.72. The summed E-state index contributed by atoms with van der Waals surface area (Å²) in [4.78, 5) is 8.11. The number of aromatic nitrogens is 3. The van der Waals surface area contributed by atoms with E-state index < -0.39 is 32.3 Å². The summed E-state index contributed by atoms with van der Waals surface area (Å²) in [5.41, 5.74) is 0.357. The van der Waals surface area contributed by atoms with Gasteiger partial charge in [-0.2, -0.15) is 0 Å². The van der Waals surface area contributed by atoms with Gasteiger partial charge in [-0.15, -0.1) is 0 Å². The van der Waals surface area contributed by atoms with Gasteiger partial charge in [0.1, 0.15) is 35.4 Å². The van der Waals surface area contributed by atoms with Crippen LogP contribution in [-0.4, -0.2) is 53.6 Å². The van der Waals surface area contributed by atoms with Crippen molar-refractivity contribution in [2.45, 2.75) is 83.1 Å². The zero-order valence-electron chi connectivity index (χ0n) is 18.4. The number of ether oxygens (including phenoxy) is 3. The van der Waals surface area contributed by atoms with Crippen molar-refractivity contribution in [2.75, 3.05) is 6.61 Å². The molecule has 0 spiro atoms. The third-order valence-corrected chi connectivity index (χ3v) is 11.1. The minimum Gasteiger partial charge on any atom is -0.414 e. The molecule has 2 fully saturated rings. The maximum absolute atomic E-state index is 14.6. The Hall–Kier alpha value is -1.10. The van der Waals surface area contributed by atoms with Gasteiger partial charge >= 0.3 is 0 Å². The quantitative estimate of drug-likeness (QED) is 0.491. The summed E-state index contributed by atoms with van der Waals surface area (Å²) in [6.07, 6.45) is 0.889. The van der Waals surface area contributed by atoms with E-state index in [2.05, 4.69) is 43.8 Å². The Morgan fingerprint density at radius 1 is 1.23 bits per heavy atom. The average molecular weight is 458 g/mol. The van der Waals surface area contributed by atoms with Crippen molar-refractivity contribution in [2.24, 2.45) is 0 Å². The molecule has 2 aliphatic heterocycles. The lowest BCUT2D eigenvalue weighted by Crippen LogP contribution is -2.44. The molecular weight excluding hydrogens is 429 g/mol. The molecule has 0 saturated carbocycles. The summed E-state index contributed by atoms with van der Waals surface area (Å²) in [7, 11) is -1.98. The molecule has 2 saturated heterocycles. The van der Waals surface area contributed by atoms with E-state index in [1.165, 1.54) is 12.5 Å². The number of hydrogen-bond acceptors (Lipinski definition) is 6. The van der Waals surface area contributed by atoms with Gasteiger partial charge < -0.3 is 23.2 Å². The summed E-state index contributed by atoms with van der Waals surface area (Å²) < 4.78 is 41.3. The van der Waals surface area contributed by atoms with Crippen LogP contribution in [0.25, 0.3) is 11.0 Å². The van der Waals surface area contributed by atoms with Gasteiger partial charge in [-0.1, -0.05) is 32.4 Å². The molecule has 0 amide bonds. The number of fused-ring (bicyclic) bond motifs is 2. The smallest absolute Gasteiger partial charge is 0.192 e. The first kappa shape index (κ1) is 22.1. The van der Waals surface area contributed by atoms with Crippen molar-refractivity contribution >= 4 is 31.0 Å². The molecule has 0 aliphatic carbocycles. The van der Waals surface area contributed by atoms with Crippen LogP contribution in [0.4, 0.5) is 4.39 Å². The minimum atomic E-state index is -1.98. The Morgan fingerprint density at radius 2 is 1.90 bits per heavy atom. The van der Waals surface area contributed by atoms with Crippen molar-refractivity contribution in [3.05, 3.63) is 23.5 Å². The van der Waals surface area contributed by atoms with Crippen molar-refractivity contribution in [1.82, 2.24) is 14.5 Å². The predicted molar refractivity (Wildman–Crippen MR) is 113 cm³/mol. The lowest BCUT2D eigenvalue weighted by molar-refractivity contribution is -0.199. The third kappa shape index (κ3) is 3.69. The Morgan fingerprint density at radius 3 is 2.57 bits per heavy atom. The Kier molecular flexibility index (Phi) is 5.31. The van der Waals surface area contributed by atoms with E-state index in [1.807, 2.05) is 13.8 Å². The van der Waals surface area contributed by atoms with Gasteiger partial charge in [0.2, 0.25) is 0 Å². The van der Waals surface area contributed by atoms with Crippen LogP contribution in [0.3, 0.4) is 0 Å². The summed E-state index contributed by atoms with van der Waals surface area (Å²) in [6, 6.07) is 0. The van der Waals surface area contributed by atoms with Crippen molar-refractivity contribution < 1.29 is 23.0 Å². The second-order valence-electron chi connectivity index (χ2n) is 9.95. The summed E-state index contributed by atoms with van der Waals surface area (Å²) >= 11 is 6.09. The van der Waals surface area contributed by atoms with Gasteiger partial charge in [0.15, 0.2) is 26.1 Å². The van der Waals surface area contributed by atoms with Gasteiger partial charge in [0.05, 0.1) is 12.0 Å². The molecule has 10 heteroatoms. The Labute approximate surface area is 181 Å². The molecule has 0 bridgehead atoms. The first-order valence-corrected chi connectivity index (χ1v) is 13.4. The van der Waals surface area contributed by atoms with Gasteiger partial charge in [0.25, 0.3) is 0 Å². The molecule has 0 radical (unpaired) electrons. The molecule has 0 aromatic carbocycles. The zero-order chi connectivity index (χ0) is 22.1. The minimum absolute atomic E-state index is 0.0625. The predicted octanol–water partition coefficient (Wildman–Crippen LogP) is 4.66. The number of halogens is 2. The Balaban J connectivity index is 1.65. The SMILES string of the molecule is CC1(C)O[C@@H]2[C@H](O1)[C@@H](CO[Si](C)(C)C(C)(C)C)O[C@H]2n1cc(F)c2c(Cl)ncnc21. The van der Waals surface area contributed by atoms with E-state index in [-0.39, 0.29) is 27.8 Å². The van der Waals surface area contributed by atoms with E-state index in [9.17, 15) is 4.39 Å². The Bertz CT molecular complexity index is 961. The van der Waals surface area contributed by atoms with E-state index >= 15 is 0 Å². The highest BCUT2D eigenvalue weighted by Crippen LogP contribution is 2.45. The molecule has 7 nitrogen and oxygen atoms in total. The molecule has 2 aliphatic rings. The third-order valence-electron chi connectivity index (χ3n) is 6.33. The molecule has 0 unspecified atom stereocenters. The van der Waals surface area contributed by atoms with Crippen LogP contribution in [0, 0.1) is 5.82 Å². The topological polar surface area (TPSA) is 67.6 Å². The zero-order valence-corrected chi connectivity index (χ0v) is 20.2. The van der Waals surface area contributed by atoms with Crippen LogP contribution in [-0.2, 0) is 18.6 Å². The standard InChI is InChI=1S/C20H29ClFN3O4Si/c1-19(2,3)30(6,7)26-9-12-14-15(29-20(4,5)28-14)18(27-12)25-8-11(22)13-16(21)23-10-24-17(13)25/h8,10,12,14-15,18H,9H2,1-7H3/t12-,14-,15-,18-/m1/s1. The average Bonchev–Trinajstić information content (AvgIpc) is 3.21. The molecule has 166 valence electrons. The summed E-state index contributed by atoms with van der Waals surface area (Å²) in [5, 5.41) is 0.301. The van der Waals surface area contributed by atoms with Gasteiger partial charge in [-0.05, 0) is 32.0 Å². The lowest BCUT2D eigenvalue weighted by atomic mass is 10.1. The van der Waals surface area contributed by atoms with Crippen LogP contribution in [0.5, 0.6) is 0 Å². The highest BCUT2D eigenvalue weighted by molar-refractivity contribution is 6.74. The van der Waals surface area contributed by atoms with Crippen LogP contribution < -0.4 is 0 Å². The van der Waals surface area contributed by atoms with Gasteiger partial charge in [0, 0.05) is 6.20 Å². The second-order valence-corrected chi connectivity index (χ2v) is 15.1. The van der Waals surface area contributed by atoms with Crippen molar-refractivity contribution in [3.63, 3.8) is 0 Å². The maximum atomic E-state index is 14.6. The van der Waals surface area contributed by atoms with E-state index in [0.29, 0.717) is 12.3 Å². The highest BCUT2D eigenvalue weighted by Gasteiger charge is 2.56. The fourth-order valence-corrected chi connectivity index (χ4v) is 4.96. The van der Waals surface area contributed by atoms with Crippen LogP contribution in [0.1, 0.15) is 40.8 Å². The largest absolute Gasteiger partial charge is 0.414 e. The monoisotopic (exact) mass is 457 g/mol. The van der Waals surface area contributed by atoms with Crippen LogP contribution >= 0.6 is 11.6 Å². The number of nitrogens with zero attached hydrogens (tertiary/aromatic N) is 3. The molecule has 4 heterocycles. The van der Waals surface area contributed by atoms with E-state index in [0.717, 1.165) is 0 Å². The van der Waals surface area contributed by atoms with Crippen molar-refractivity contribution in [3.8, 4) is 0 Å². The van der Waals surface area contributed by atoms with Crippen LogP contribution in [0.2, 0.25) is 23.3 Å². The van der Waals surface area contributed by atoms with Gasteiger partial charge in [-0.3, -0.25) is 0 Å². The first-order chi connectivity index (χ1) is 13.8. The normalized spacial score (nSPS) is 29.0. The molecule has 2 aromatic rings.